The number of nitriles is 2. The van der Waals surface area contributed by atoms with Crippen LogP contribution in [0.3, 0.4) is 0 Å². The van der Waals surface area contributed by atoms with E-state index in [1.807, 2.05) is 32.9 Å². The number of hydrazine groups is 1. The number of fused-ring (bicyclic) bond motifs is 5. The van der Waals surface area contributed by atoms with Gasteiger partial charge in [-0.25, -0.2) is 9.97 Å². The van der Waals surface area contributed by atoms with E-state index < -0.39 is 34.7 Å². The molecule has 4 rings (SSSR count). The second-order valence-electron chi connectivity index (χ2n) is 9.07. The van der Waals surface area contributed by atoms with E-state index in [4.69, 9.17) is 27.9 Å². The molecule has 9 nitrogen and oxygen atoms in total. The third kappa shape index (κ3) is 3.19. The van der Waals surface area contributed by atoms with Crippen molar-refractivity contribution in [3.05, 3.63) is 51.0 Å². The van der Waals surface area contributed by atoms with E-state index in [1.54, 1.807) is 6.07 Å². The molecule has 1 fully saturated rings. The number of ether oxygens (including phenoxy) is 1. The van der Waals surface area contributed by atoms with Gasteiger partial charge in [0.1, 0.15) is 23.3 Å². The van der Waals surface area contributed by atoms with Crippen molar-refractivity contribution < 1.29 is 14.3 Å². The molecule has 2 unspecified atom stereocenters. The average molecular weight is 499 g/mol. The first-order chi connectivity index (χ1) is 16.0. The van der Waals surface area contributed by atoms with Gasteiger partial charge in [0, 0.05) is 10.4 Å². The Morgan fingerprint density at radius 3 is 2.32 bits per heavy atom. The van der Waals surface area contributed by atoms with E-state index in [9.17, 15) is 20.1 Å². The van der Waals surface area contributed by atoms with Gasteiger partial charge in [-0.15, -0.1) is 0 Å². The lowest BCUT2D eigenvalue weighted by Crippen LogP contribution is -2.56. The summed E-state index contributed by atoms with van der Waals surface area (Å²) in [6.45, 7) is 5.47. The number of rotatable bonds is 4. The Labute approximate surface area is 206 Å². The van der Waals surface area contributed by atoms with Gasteiger partial charge in [-0.2, -0.15) is 10.5 Å². The van der Waals surface area contributed by atoms with Crippen LogP contribution in [0, 0.1) is 28.1 Å². The van der Waals surface area contributed by atoms with Crippen LogP contribution in [0.4, 0.5) is 0 Å². The number of aromatic nitrogens is 2. The molecule has 0 aliphatic heterocycles. The van der Waals surface area contributed by atoms with Crippen LogP contribution in [0.15, 0.2) is 18.2 Å². The van der Waals surface area contributed by atoms with Crippen molar-refractivity contribution in [2.75, 3.05) is 6.61 Å². The van der Waals surface area contributed by atoms with Gasteiger partial charge in [0.05, 0.1) is 16.4 Å². The van der Waals surface area contributed by atoms with Gasteiger partial charge in [0.15, 0.2) is 18.0 Å². The Kier molecular flexibility index (Phi) is 5.67. The zero-order chi connectivity index (χ0) is 24.9. The van der Waals surface area contributed by atoms with Crippen LogP contribution in [0.5, 0.6) is 5.75 Å². The van der Waals surface area contributed by atoms with Crippen LogP contribution in [0.25, 0.3) is 0 Å². The van der Waals surface area contributed by atoms with Crippen LogP contribution in [0.2, 0.25) is 10.0 Å². The number of nitrogens with one attached hydrogen (secondary N) is 2. The molecule has 11 heteroatoms. The van der Waals surface area contributed by atoms with Crippen molar-refractivity contribution >= 4 is 35.0 Å². The van der Waals surface area contributed by atoms with Crippen molar-refractivity contribution in [1.29, 1.82) is 10.5 Å². The van der Waals surface area contributed by atoms with Crippen molar-refractivity contribution in [3.8, 4) is 17.9 Å². The van der Waals surface area contributed by atoms with Crippen LogP contribution < -0.4 is 15.6 Å². The van der Waals surface area contributed by atoms with Gasteiger partial charge < -0.3 is 4.74 Å². The van der Waals surface area contributed by atoms with Crippen molar-refractivity contribution in [2.45, 2.75) is 44.4 Å². The first-order valence-electron chi connectivity index (χ1n) is 10.4. The zero-order valence-corrected chi connectivity index (χ0v) is 20.1. The molecule has 1 saturated carbocycles. The van der Waals surface area contributed by atoms with E-state index in [-0.39, 0.29) is 22.2 Å². The van der Waals surface area contributed by atoms with Gasteiger partial charge in [0.2, 0.25) is 0 Å². The molecule has 2 aliphatic rings. The summed E-state index contributed by atoms with van der Waals surface area (Å²) in [5, 5.41) is 19.5. The van der Waals surface area contributed by atoms with E-state index in [0.29, 0.717) is 29.3 Å². The summed E-state index contributed by atoms with van der Waals surface area (Å²) < 4.78 is 5.40. The highest BCUT2D eigenvalue weighted by Gasteiger charge is 2.73. The minimum atomic E-state index is -1.14. The largest absolute Gasteiger partial charge is 0.482 e. The number of hydrogen-bond donors (Lipinski definition) is 2. The summed E-state index contributed by atoms with van der Waals surface area (Å²) in [5.41, 5.74) is 3.27. The molecule has 34 heavy (non-hydrogen) atoms. The molecular formula is C23H20Cl2N6O3. The topological polar surface area (TPSA) is 141 Å². The second kappa shape index (κ2) is 8.12. The van der Waals surface area contributed by atoms with E-state index in [2.05, 4.69) is 20.8 Å². The number of carbonyl (C=O) groups excluding carboxylic acids is 2. The maximum absolute atomic E-state index is 13.6. The Morgan fingerprint density at radius 2 is 1.71 bits per heavy atom. The maximum atomic E-state index is 13.6. The summed E-state index contributed by atoms with van der Waals surface area (Å²) >= 11 is 11.9. The fourth-order valence-electron chi connectivity index (χ4n) is 5.15. The van der Waals surface area contributed by atoms with Gasteiger partial charge >= 0.3 is 0 Å². The third-order valence-corrected chi connectivity index (χ3v) is 7.97. The van der Waals surface area contributed by atoms with Crippen molar-refractivity contribution in [2.24, 2.45) is 5.41 Å². The predicted molar refractivity (Wildman–Crippen MR) is 122 cm³/mol. The Balaban J connectivity index is 1.56. The summed E-state index contributed by atoms with van der Waals surface area (Å²) in [5.74, 6) is -0.798. The molecule has 0 spiro atoms. The van der Waals surface area contributed by atoms with Gasteiger partial charge in [-0.1, -0.05) is 44.0 Å². The molecule has 1 aromatic heterocycles. The zero-order valence-electron chi connectivity index (χ0n) is 18.6. The second-order valence-corrected chi connectivity index (χ2v) is 9.91. The third-order valence-electron chi connectivity index (χ3n) is 7.44. The fourth-order valence-corrected chi connectivity index (χ4v) is 5.61. The molecule has 2 bridgehead atoms. The number of benzene rings is 1. The molecule has 2 amide bonds. The van der Waals surface area contributed by atoms with Crippen LogP contribution in [-0.4, -0.2) is 28.4 Å². The highest BCUT2D eigenvalue weighted by atomic mass is 35.5. The lowest BCUT2D eigenvalue weighted by molar-refractivity contribution is -0.135. The lowest BCUT2D eigenvalue weighted by Gasteiger charge is -2.39. The predicted octanol–water partition coefficient (Wildman–Crippen LogP) is 3.08. The summed E-state index contributed by atoms with van der Waals surface area (Å²) in [6, 6.07) is 8.40. The fraction of sp³-hybridized carbons (Fsp3) is 0.391. The van der Waals surface area contributed by atoms with Gasteiger partial charge in [-0.05, 0) is 36.5 Å². The number of halogens is 2. The maximum Gasteiger partial charge on any atom is 0.276 e. The molecule has 2 aliphatic carbocycles. The molecule has 1 aromatic carbocycles. The quantitative estimate of drug-likeness (QED) is 0.616. The Bertz CT molecular complexity index is 1320. The molecule has 2 atom stereocenters. The van der Waals surface area contributed by atoms with E-state index in [1.165, 1.54) is 12.1 Å². The normalized spacial score (nSPS) is 23.4. The van der Waals surface area contributed by atoms with Crippen LogP contribution in [0.1, 0.15) is 56.4 Å². The molecular weight excluding hydrogens is 479 g/mol. The minimum Gasteiger partial charge on any atom is -0.482 e. The number of hydrogen-bond acceptors (Lipinski definition) is 7. The monoisotopic (exact) mass is 498 g/mol. The van der Waals surface area contributed by atoms with Gasteiger partial charge in [0.25, 0.3) is 11.8 Å². The highest BCUT2D eigenvalue weighted by molar-refractivity contribution is 6.35. The highest BCUT2D eigenvalue weighted by Crippen LogP contribution is 2.70. The summed E-state index contributed by atoms with van der Waals surface area (Å²) in [6.07, 6.45) is 1.09. The average Bonchev–Trinajstić information content (AvgIpc) is 3.10. The van der Waals surface area contributed by atoms with E-state index in [0.717, 1.165) is 0 Å². The summed E-state index contributed by atoms with van der Waals surface area (Å²) in [7, 11) is 0. The van der Waals surface area contributed by atoms with Crippen LogP contribution >= 0.6 is 23.2 Å². The number of carbonyl (C=O) groups is 2. The SMILES string of the molecule is CC12CCC(C(=O)NNC(=O)COc3ccc(Cl)cc3Cl)(c3nc(C#N)c(C#N)nc31)C2(C)C. The van der Waals surface area contributed by atoms with E-state index >= 15 is 0 Å². The molecule has 174 valence electrons. The standard InChI is InChI=1S/C23H20Cl2N6O3/c1-21(2)22(3)6-7-23(21,19-18(22)28-14(9-26)15(10-27)29-19)20(33)31-30-17(32)11-34-16-5-4-12(24)8-13(16)25/h4-5,8H,6-7,11H2,1-3H3,(H,30,32)(H,31,33). The van der Waals surface area contributed by atoms with Crippen molar-refractivity contribution in [3.63, 3.8) is 0 Å². The van der Waals surface area contributed by atoms with Gasteiger partial charge in [-0.3, -0.25) is 20.4 Å². The first kappa shape index (κ1) is 23.7. The van der Waals surface area contributed by atoms with Crippen molar-refractivity contribution in [1.82, 2.24) is 20.8 Å². The summed E-state index contributed by atoms with van der Waals surface area (Å²) in [4.78, 5) is 34.7. The smallest absolute Gasteiger partial charge is 0.276 e. The Morgan fingerprint density at radius 1 is 1.06 bits per heavy atom. The molecule has 2 N–H and O–H groups in total. The molecule has 1 heterocycles. The van der Waals surface area contributed by atoms with Crippen LogP contribution in [-0.2, 0) is 20.4 Å². The molecule has 0 radical (unpaired) electrons. The molecule has 0 saturated heterocycles. The minimum absolute atomic E-state index is 0.0623. The lowest BCUT2D eigenvalue weighted by atomic mass is 9.63. The first-order valence-corrected chi connectivity index (χ1v) is 11.2. The number of amides is 2. The molecule has 2 aromatic rings. The number of nitrogens with zero attached hydrogens (tertiary/aromatic N) is 4. The Hall–Kier alpha value is -3.40.